The highest BCUT2D eigenvalue weighted by Crippen LogP contribution is 2.25. The maximum absolute atomic E-state index is 12.3. The lowest BCUT2D eigenvalue weighted by Gasteiger charge is -2.15. The zero-order chi connectivity index (χ0) is 19.2. The van der Waals surface area contributed by atoms with Crippen molar-refractivity contribution in [3.05, 3.63) is 77.9 Å². The van der Waals surface area contributed by atoms with Gasteiger partial charge < -0.3 is 10.1 Å². The second kappa shape index (κ2) is 8.74. The fraction of sp³-hybridized carbons (Fsp3) is 0.304. The molecule has 0 spiro atoms. The van der Waals surface area contributed by atoms with Gasteiger partial charge in [0.25, 0.3) is 0 Å². The normalized spacial score (nSPS) is 13.0. The number of amides is 1. The Hall–Kier alpha value is -3.08. The van der Waals surface area contributed by atoms with E-state index in [4.69, 9.17) is 9.72 Å². The van der Waals surface area contributed by atoms with Gasteiger partial charge in [-0.15, -0.1) is 0 Å². The molecule has 1 aliphatic rings. The summed E-state index contributed by atoms with van der Waals surface area (Å²) in [6, 6.07) is 19.8. The number of imidazole rings is 1. The van der Waals surface area contributed by atoms with Crippen molar-refractivity contribution >= 4 is 5.91 Å². The van der Waals surface area contributed by atoms with Crippen LogP contribution in [-0.2, 0) is 24.2 Å². The van der Waals surface area contributed by atoms with Gasteiger partial charge in [-0.05, 0) is 49.9 Å². The van der Waals surface area contributed by atoms with Gasteiger partial charge >= 0.3 is 0 Å². The topological polar surface area (TPSA) is 56.1 Å². The molecule has 1 aliphatic carbocycles. The number of aryl methyl sites for hydroxylation is 1. The van der Waals surface area contributed by atoms with Crippen LogP contribution in [-0.4, -0.2) is 22.1 Å². The number of hydrogen-bond acceptors (Lipinski definition) is 3. The number of carbonyl (C=O) groups excluding carboxylic acids is 1. The van der Waals surface area contributed by atoms with Crippen LogP contribution in [0.4, 0.5) is 0 Å². The lowest BCUT2D eigenvalue weighted by molar-refractivity contribution is -0.121. The quantitative estimate of drug-likeness (QED) is 0.683. The molecule has 0 saturated carbocycles. The van der Waals surface area contributed by atoms with E-state index in [2.05, 4.69) is 22.0 Å². The third kappa shape index (κ3) is 4.25. The van der Waals surface area contributed by atoms with E-state index in [9.17, 15) is 4.79 Å². The molecule has 1 aromatic heterocycles. The summed E-state index contributed by atoms with van der Waals surface area (Å²) >= 11 is 0. The Bertz CT molecular complexity index is 920. The number of para-hydroxylation sites is 2. The molecule has 5 heteroatoms. The van der Waals surface area contributed by atoms with Crippen LogP contribution in [0.5, 0.6) is 5.75 Å². The van der Waals surface area contributed by atoms with Crippen LogP contribution in [0.2, 0.25) is 0 Å². The zero-order valence-corrected chi connectivity index (χ0v) is 15.9. The van der Waals surface area contributed by atoms with E-state index in [1.807, 2.05) is 48.5 Å². The van der Waals surface area contributed by atoms with E-state index in [0.29, 0.717) is 19.6 Å². The highest BCUT2D eigenvalue weighted by molar-refractivity contribution is 5.75. The maximum atomic E-state index is 12.3. The van der Waals surface area contributed by atoms with Crippen LogP contribution in [0, 0.1) is 0 Å². The fourth-order valence-corrected chi connectivity index (χ4v) is 3.64. The summed E-state index contributed by atoms with van der Waals surface area (Å²) in [5.41, 5.74) is 3.57. The number of fused-ring (bicyclic) bond motifs is 1. The molecular weight excluding hydrogens is 350 g/mol. The van der Waals surface area contributed by atoms with Crippen molar-refractivity contribution in [2.24, 2.45) is 0 Å². The van der Waals surface area contributed by atoms with Crippen LogP contribution >= 0.6 is 0 Å². The number of rotatable bonds is 7. The van der Waals surface area contributed by atoms with E-state index in [1.165, 1.54) is 24.2 Å². The molecule has 0 saturated heterocycles. The van der Waals surface area contributed by atoms with Crippen LogP contribution in [0.3, 0.4) is 0 Å². The summed E-state index contributed by atoms with van der Waals surface area (Å²) in [5.74, 6) is 1.65. The molecule has 1 amide bonds. The van der Waals surface area contributed by atoms with Crippen LogP contribution < -0.4 is 10.1 Å². The molecule has 144 valence electrons. The van der Waals surface area contributed by atoms with Gasteiger partial charge in [0.2, 0.25) is 5.91 Å². The summed E-state index contributed by atoms with van der Waals surface area (Å²) < 4.78 is 7.82. The molecule has 2 aromatic carbocycles. The van der Waals surface area contributed by atoms with Crippen LogP contribution in [0.25, 0.3) is 5.69 Å². The molecule has 5 nitrogen and oxygen atoms in total. The lowest BCUT2D eigenvalue weighted by Crippen LogP contribution is -2.26. The molecule has 4 rings (SSSR count). The minimum atomic E-state index is -0.0310. The number of carbonyl (C=O) groups is 1. The van der Waals surface area contributed by atoms with Gasteiger partial charge in [-0.2, -0.15) is 0 Å². The molecule has 3 aromatic rings. The SMILES string of the molecule is O=C(CCOc1ccccc1)NCc1nc2c(n1-c1ccccc1)CCCC2. The zero-order valence-electron chi connectivity index (χ0n) is 15.9. The van der Waals surface area contributed by atoms with E-state index in [0.717, 1.165) is 30.1 Å². The van der Waals surface area contributed by atoms with Gasteiger partial charge in [0, 0.05) is 11.4 Å². The molecule has 1 heterocycles. The lowest BCUT2D eigenvalue weighted by atomic mass is 10.0. The number of ether oxygens (including phenoxy) is 1. The standard InChI is InChI=1S/C23H25N3O2/c27-23(15-16-28-19-11-5-2-6-12-19)24-17-22-25-20-13-7-8-14-21(20)26(22)18-9-3-1-4-10-18/h1-6,9-12H,7-8,13-17H2,(H,24,27). The van der Waals surface area contributed by atoms with Gasteiger partial charge in [-0.1, -0.05) is 36.4 Å². The van der Waals surface area contributed by atoms with Crippen molar-refractivity contribution in [1.29, 1.82) is 0 Å². The summed E-state index contributed by atoms with van der Waals surface area (Å²) in [5, 5.41) is 3.00. The minimum absolute atomic E-state index is 0.0310. The molecule has 28 heavy (non-hydrogen) atoms. The Morgan fingerprint density at radius 2 is 1.71 bits per heavy atom. The Morgan fingerprint density at radius 3 is 2.50 bits per heavy atom. The van der Waals surface area contributed by atoms with E-state index < -0.39 is 0 Å². The van der Waals surface area contributed by atoms with Crippen LogP contribution in [0.1, 0.15) is 36.5 Å². The first-order valence-electron chi connectivity index (χ1n) is 9.90. The minimum Gasteiger partial charge on any atom is -0.493 e. The largest absolute Gasteiger partial charge is 0.493 e. The molecule has 0 aliphatic heterocycles. The summed E-state index contributed by atoms with van der Waals surface area (Å²) in [4.78, 5) is 17.1. The summed E-state index contributed by atoms with van der Waals surface area (Å²) in [6.45, 7) is 0.783. The third-order valence-corrected chi connectivity index (χ3v) is 5.00. The molecular formula is C23H25N3O2. The second-order valence-electron chi connectivity index (χ2n) is 6.99. The Balaban J connectivity index is 1.40. The van der Waals surface area contributed by atoms with Gasteiger partial charge in [-0.25, -0.2) is 4.98 Å². The third-order valence-electron chi connectivity index (χ3n) is 5.00. The van der Waals surface area contributed by atoms with Crippen molar-refractivity contribution in [3.8, 4) is 11.4 Å². The molecule has 0 bridgehead atoms. The Kier molecular flexibility index (Phi) is 5.71. The number of nitrogens with zero attached hydrogens (tertiary/aromatic N) is 2. The van der Waals surface area contributed by atoms with Crippen molar-refractivity contribution in [2.45, 2.75) is 38.6 Å². The maximum Gasteiger partial charge on any atom is 0.223 e. The summed E-state index contributed by atoms with van der Waals surface area (Å²) in [6.07, 6.45) is 4.74. The number of benzene rings is 2. The first-order chi connectivity index (χ1) is 13.8. The predicted molar refractivity (Wildman–Crippen MR) is 109 cm³/mol. The van der Waals surface area contributed by atoms with Gasteiger partial charge in [-0.3, -0.25) is 9.36 Å². The predicted octanol–water partition coefficient (Wildman–Crippen LogP) is 3.84. The van der Waals surface area contributed by atoms with E-state index in [1.54, 1.807) is 0 Å². The average Bonchev–Trinajstić information content (AvgIpc) is 3.12. The van der Waals surface area contributed by atoms with Gasteiger partial charge in [0.15, 0.2) is 0 Å². The monoisotopic (exact) mass is 375 g/mol. The summed E-state index contributed by atoms with van der Waals surface area (Å²) in [7, 11) is 0. The number of aromatic nitrogens is 2. The average molecular weight is 375 g/mol. The van der Waals surface area contributed by atoms with Gasteiger partial charge in [0.05, 0.1) is 25.3 Å². The molecule has 1 N–H and O–H groups in total. The highest BCUT2D eigenvalue weighted by atomic mass is 16.5. The van der Waals surface area contributed by atoms with Crippen molar-refractivity contribution in [2.75, 3.05) is 6.61 Å². The number of hydrogen-bond donors (Lipinski definition) is 1. The first-order valence-corrected chi connectivity index (χ1v) is 9.90. The smallest absolute Gasteiger partial charge is 0.223 e. The second-order valence-corrected chi connectivity index (χ2v) is 6.99. The molecule has 0 unspecified atom stereocenters. The molecule has 0 radical (unpaired) electrons. The van der Waals surface area contributed by atoms with E-state index >= 15 is 0 Å². The first kappa shape index (κ1) is 18.3. The Morgan fingerprint density at radius 1 is 1.00 bits per heavy atom. The van der Waals surface area contributed by atoms with Crippen molar-refractivity contribution in [3.63, 3.8) is 0 Å². The van der Waals surface area contributed by atoms with Crippen LogP contribution in [0.15, 0.2) is 60.7 Å². The number of nitrogens with one attached hydrogen (secondary N) is 1. The van der Waals surface area contributed by atoms with E-state index in [-0.39, 0.29) is 5.91 Å². The van der Waals surface area contributed by atoms with Gasteiger partial charge in [0.1, 0.15) is 11.6 Å². The Labute approximate surface area is 165 Å². The molecule has 0 atom stereocenters. The fourth-order valence-electron chi connectivity index (χ4n) is 3.64. The highest BCUT2D eigenvalue weighted by Gasteiger charge is 2.21. The molecule has 0 fully saturated rings. The van der Waals surface area contributed by atoms with Crippen molar-refractivity contribution < 1.29 is 9.53 Å². The van der Waals surface area contributed by atoms with Crippen molar-refractivity contribution in [1.82, 2.24) is 14.9 Å².